The van der Waals surface area contributed by atoms with Crippen molar-refractivity contribution in [3.63, 3.8) is 0 Å². The minimum absolute atomic E-state index is 0. The van der Waals surface area contributed by atoms with E-state index in [1.54, 1.807) is 11.2 Å². The van der Waals surface area contributed by atoms with Gasteiger partial charge in [-0.25, -0.2) is 13.1 Å². The molecule has 0 radical (unpaired) electrons. The molecule has 11 heteroatoms. The van der Waals surface area contributed by atoms with Crippen LogP contribution in [0.25, 0.3) is 0 Å². The number of rotatable bonds is 12. The molecule has 196 valence electrons. The van der Waals surface area contributed by atoms with Gasteiger partial charge in [0.05, 0.1) is 12.5 Å². The fourth-order valence-electron chi connectivity index (χ4n) is 4.42. The van der Waals surface area contributed by atoms with Gasteiger partial charge in [-0.1, -0.05) is 41.8 Å². The molecule has 1 heterocycles. The van der Waals surface area contributed by atoms with E-state index in [1.807, 2.05) is 18.2 Å². The van der Waals surface area contributed by atoms with Gasteiger partial charge in [-0.3, -0.25) is 4.79 Å². The van der Waals surface area contributed by atoms with Crippen molar-refractivity contribution >= 4 is 51.1 Å². The Hall–Kier alpha value is -0.550. The first kappa shape index (κ1) is 31.5. The predicted octanol–water partition coefficient (Wildman–Crippen LogP) is 2.94. The number of nitrogens with zero attached hydrogens (tertiary/aromatic N) is 2. The Kier molecular flexibility index (Phi) is 13.8. The Labute approximate surface area is 219 Å². The van der Waals surface area contributed by atoms with E-state index >= 15 is 0 Å². The van der Waals surface area contributed by atoms with Gasteiger partial charge < -0.3 is 14.4 Å². The molecule has 1 amide bonds. The number of hydrogen-bond donors (Lipinski definition) is 1. The molecule has 1 N–H and O–H groups in total. The molecule has 2 rings (SSSR count). The molecule has 1 aliphatic heterocycles. The molecule has 1 aliphatic rings. The topological polar surface area (TPSA) is 92.8 Å². The molecule has 0 spiro atoms. The van der Waals surface area contributed by atoms with Crippen molar-refractivity contribution in [3.05, 3.63) is 34.9 Å². The van der Waals surface area contributed by atoms with Crippen LogP contribution in [0.4, 0.5) is 0 Å². The van der Waals surface area contributed by atoms with Gasteiger partial charge in [0.2, 0.25) is 15.9 Å². The van der Waals surface area contributed by atoms with Crippen molar-refractivity contribution in [3.8, 4) is 0 Å². The maximum atomic E-state index is 13.0. The maximum Gasteiger partial charge on any atom is 0.240 e. The first-order valence-electron chi connectivity index (χ1n) is 11.5. The van der Waals surface area contributed by atoms with E-state index in [1.165, 1.54) is 5.56 Å². The van der Waals surface area contributed by atoms with E-state index < -0.39 is 27.2 Å². The summed E-state index contributed by atoms with van der Waals surface area (Å²) in [4.78, 5) is 17.2. The standard InChI is InChI=1S/C23H38ClN3O4S2.ClH/c1-5-26(18(2)15-20-7-6-8-21(24)16-20)17-19-9-12-27(13-10-19)23(28)22(11-14-32(3)29)25-33(4,30)31;/h6-8,16,18-19,22,25H,5,9-15,17H2,1-4H3;1H/t18?,22-,32?;/m0./s1. The quantitative estimate of drug-likeness (QED) is 0.400. The highest BCUT2D eigenvalue weighted by Gasteiger charge is 2.31. The molecule has 7 nitrogen and oxygen atoms in total. The second-order valence-corrected chi connectivity index (χ2v) is 12.8. The van der Waals surface area contributed by atoms with E-state index in [0.717, 1.165) is 43.6 Å². The number of nitrogens with one attached hydrogen (secondary N) is 1. The molecule has 2 unspecified atom stereocenters. The van der Waals surface area contributed by atoms with Crippen molar-refractivity contribution in [2.45, 2.75) is 51.6 Å². The van der Waals surface area contributed by atoms with E-state index in [4.69, 9.17) is 11.6 Å². The average Bonchev–Trinajstić information content (AvgIpc) is 2.74. The summed E-state index contributed by atoms with van der Waals surface area (Å²) in [5.41, 5.74) is 1.23. The molecular weight excluding hydrogens is 517 g/mol. The van der Waals surface area contributed by atoms with Gasteiger partial charge in [0.1, 0.15) is 11.8 Å². The van der Waals surface area contributed by atoms with Crippen molar-refractivity contribution in [1.82, 2.24) is 14.5 Å². The summed E-state index contributed by atoms with van der Waals surface area (Å²) < 4.78 is 37.3. The van der Waals surface area contributed by atoms with Crippen LogP contribution < -0.4 is 4.72 Å². The Balaban J connectivity index is 0.00000578. The number of carbonyl (C=O) groups excluding carboxylic acids is 1. The lowest BCUT2D eigenvalue weighted by Gasteiger charge is -2.37. The minimum Gasteiger partial charge on any atom is -0.617 e. The molecular formula is C23H39Cl2N3O4S2. The zero-order chi connectivity index (χ0) is 24.6. The van der Waals surface area contributed by atoms with Crippen LogP contribution >= 0.6 is 24.0 Å². The number of piperidine rings is 1. The second kappa shape index (κ2) is 14.9. The molecule has 1 saturated heterocycles. The third-order valence-corrected chi connectivity index (χ3v) is 7.98. The molecule has 34 heavy (non-hydrogen) atoms. The third kappa shape index (κ3) is 11.0. The summed E-state index contributed by atoms with van der Waals surface area (Å²) in [6, 6.07) is 7.52. The molecule has 0 aliphatic carbocycles. The SMILES string of the molecule is CCN(CC1CCN(C(=O)[C@H](CC[S+](C)[O-])NS(C)(=O)=O)CC1)C(C)Cc1cccc(Cl)c1.Cl. The third-order valence-electron chi connectivity index (χ3n) is 6.22. The molecule has 0 aromatic heterocycles. The number of hydrogen-bond acceptors (Lipinski definition) is 5. The number of halogens is 2. The lowest BCUT2D eigenvalue weighted by atomic mass is 9.94. The van der Waals surface area contributed by atoms with Crippen LogP contribution in [-0.2, 0) is 32.4 Å². The van der Waals surface area contributed by atoms with Crippen molar-refractivity contribution in [2.75, 3.05) is 44.4 Å². The fraction of sp³-hybridized carbons (Fsp3) is 0.696. The van der Waals surface area contributed by atoms with E-state index in [9.17, 15) is 17.8 Å². The summed E-state index contributed by atoms with van der Waals surface area (Å²) in [6.07, 6.45) is 5.55. The molecule has 0 saturated carbocycles. The Morgan fingerprint density at radius 2 is 2.00 bits per heavy atom. The molecule has 1 fully saturated rings. The summed E-state index contributed by atoms with van der Waals surface area (Å²) in [5.74, 6) is 0.553. The van der Waals surface area contributed by atoms with E-state index in [-0.39, 0.29) is 30.5 Å². The lowest BCUT2D eigenvalue weighted by Crippen LogP contribution is -2.51. The van der Waals surface area contributed by atoms with E-state index in [0.29, 0.717) is 25.0 Å². The second-order valence-electron chi connectivity index (χ2n) is 9.05. The number of amides is 1. The summed E-state index contributed by atoms with van der Waals surface area (Å²) in [5, 5.41) is 0.758. The zero-order valence-corrected chi connectivity index (χ0v) is 23.7. The summed E-state index contributed by atoms with van der Waals surface area (Å²) in [7, 11) is -3.53. The van der Waals surface area contributed by atoms with Gasteiger partial charge in [-0.05, 0) is 56.3 Å². The number of benzene rings is 1. The number of carbonyl (C=O) groups is 1. The van der Waals surface area contributed by atoms with Gasteiger partial charge in [0, 0.05) is 37.1 Å². The average molecular weight is 557 g/mol. The largest absolute Gasteiger partial charge is 0.617 e. The smallest absolute Gasteiger partial charge is 0.240 e. The van der Waals surface area contributed by atoms with Crippen LogP contribution in [0.3, 0.4) is 0 Å². The first-order chi connectivity index (χ1) is 15.5. The van der Waals surface area contributed by atoms with Gasteiger partial charge in [0.15, 0.2) is 0 Å². The fourth-order valence-corrected chi connectivity index (χ4v) is 5.93. The van der Waals surface area contributed by atoms with Crippen molar-refractivity contribution in [2.24, 2.45) is 5.92 Å². The highest BCUT2D eigenvalue weighted by atomic mass is 35.5. The maximum absolute atomic E-state index is 13.0. The number of sulfonamides is 1. The Morgan fingerprint density at radius 1 is 1.35 bits per heavy atom. The van der Waals surface area contributed by atoms with Crippen molar-refractivity contribution < 1.29 is 17.8 Å². The van der Waals surface area contributed by atoms with Crippen LogP contribution in [0.15, 0.2) is 24.3 Å². The van der Waals surface area contributed by atoms with Gasteiger partial charge in [-0.15, -0.1) is 12.4 Å². The van der Waals surface area contributed by atoms with Crippen LogP contribution in [0, 0.1) is 5.92 Å². The lowest BCUT2D eigenvalue weighted by molar-refractivity contribution is -0.134. The van der Waals surface area contributed by atoms with Gasteiger partial charge in [0.25, 0.3) is 0 Å². The molecule has 1 aromatic carbocycles. The summed E-state index contributed by atoms with van der Waals surface area (Å²) >= 11 is 5.04. The van der Waals surface area contributed by atoms with Crippen LogP contribution in [0.5, 0.6) is 0 Å². The zero-order valence-electron chi connectivity index (χ0n) is 20.5. The predicted molar refractivity (Wildman–Crippen MR) is 144 cm³/mol. The van der Waals surface area contributed by atoms with Crippen LogP contribution in [-0.4, -0.2) is 85.2 Å². The van der Waals surface area contributed by atoms with Crippen LogP contribution in [0.2, 0.25) is 5.02 Å². The number of likely N-dealkylation sites (tertiary alicyclic amines) is 1. The number of likely N-dealkylation sites (N-methyl/N-ethyl adjacent to an activating group) is 1. The molecule has 3 atom stereocenters. The highest BCUT2D eigenvalue weighted by Crippen LogP contribution is 2.22. The van der Waals surface area contributed by atoms with Gasteiger partial charge >= 0.3 is 0 Å². The Morgan fingerprint density at radius 3 is 2.53 bits per heavy atom. The van der Waals surface area contributed by atoms with E-state index in [2.05, 4.69) is 29.5 Å². The summed E-state index contributed by atoms with van der Waals surface area (Å²) in [6.45, 7) is 7.56. The molecule has 0 bridgehead atoms. The minimum atomic E-state index is -3.53. The van der Waals surface area contributed by atoms with Crippen LogP contribution in [0.1, 0.15) is 38.7 Å². The molecule has 1 aromatic rings. The highest BCUT2D eigenvalue weighted by molar-refractivity contribution is 7.90. The van der Waals surface area contributed by atoms with Crippen molar-refractivity contribution in [1.29, 1.82) is 0 Å². The monoisotopic (exact) mass is 555 g/mol. The first-order valence-corrected chi connectivity index (χ1v) is 15.5. The van der Waals surface area contributed by atoms with Gasteiger partial charge in [-0.2, -0.15) is 0 Å². The normalized spacial score (nSPS) is 17.8. The Bertz CT molecular complexity index is 866.